The van der Waals surface area contributed by atoms with Gasteiger partial charge in [-0.3, -0.25) is 4.99 Å². The zero-order valence-electron chi connectivity index (χ0n) is 12.6. The van der Waals surface area contributed by atoms with Gasteiger partial charge in [-0.1, -0.05) is 17.7 Å². The molecule has 0 N–H and O–H groups in total. The van der Waals surface area contributed by atoms with E-state index in [0.29, 0.717) is 16.5 Å². The average Bonchev–Trinajstić information content (AvgIpc) is 2.49. The van der Waals surface area contributed by atoms with Crippen LogP contribution in [-0.2, 0) is 0 Å². The monoisotopic (exact) mass is 303 g/mol. The van der Waals surface area contributed by atoms with Gasteiger partial charge in [0.05, 0.1) is 19.9 Å². The van der Waals surface area contributed by atoms with Crippen molar-refractivity contribution in [3.8, 4) is 11.5 Å². The quantitative estimate of drug-likeness (QED) is 0.765. The summed E-state index contributed by atoms with van der Waals surface area (Å²) in [6.07, 6.45) is 1.80. The summed E-state index contributed by atoms with van der Waals surface area (Å²) in [5, 5.41) is 0.716. The van der Waals surface area contributed by atoms with Crippen LogP contribution in [0.2, 0.25) is 5.02 Å². The number of nitrogens with zero attached hydrogens (tertiary/aromatic N) is 1. The molecular formula is C17H18ClNO2. The van der Waals surface area contributed by atoms with E-state index in [1.807, 2.05) is 44.2 Å². The number of benzene rings is 2. The lowest BCUT2D eigenvalue weighted by Gasteiger charge is -2.10. The standard InChI is InChI=1S/C17H18ClNO2/c1-11-5-6-14(9-15(11)18)19-10-13-8-17(21-4)16(20-3)7-12(13)2/h5-10H,1-4H3. The summed E-state index contributed by atoms with van der Waals surface area (Å²) in [6.45, 7) is 3.97. The fourth-order valence-corrected chi connectivity index (χ4v) is 2.12. The number of hydrogen-bond donors (Lipinski definition) is 0. The molecule has 4 heteroatoms. The van der Waals surface area contributed by atoms with E-state index in [0.717, 1.165) is 22.4 Å². The first-order chi connectivity index (χ1) is 10.0. The minimum Gasteiger partial charge on any atom is -0.493 e. The van der Waals surface area contributed by atoms with Crippen LogP contribution >= 0.6 is 11.6 Å². The van der Waals surface area contributed by atoms with E-state index >= 15 is 0 Å². The van der Waals surface area contributed by atoms with Gasteiger partial charge in [-0.05, 0) is 54.8 Å². The van der Waals surface area contributed by atoms with Gasteiger partial charge < -0.3 is 9.47 Å². The second-order valence-electron chi connectivity index (χ2n) is 4.76. The van der Waals surface area contributed by atoms with Gasteiger partial charge in [-0.15, -0.1) is 0 Å². The Bertz CT molecular complexity index is 681. The van der Waals surface area contributed by atoms with E-state index in [4.69, 9.17) is 21.1 Å². The highest BCUT2D eigenvalue weighted by atomic mass is 35.5. The summed E-state index contributed by atoms with van der Waals surface area (Å²) in [7, 11) is 3.24. The first-order valence-corrected chi connectivity index (χ1v) is 6.95. The molecule has 0 heterocycles. The van der Waals surface area contributed by atoms with Crippen LogP contribution < -0.4 is 9.47 Å². The lowest BCUT2D eigenvalue weighted by Crippen LogP contribution is -1.95. The van der Waals surface area contributed by atoms with Crippen LogP contribution in [0.3, 0.4) is 0 Å². The molecule has 0 amide bonds. The molecule has 0 spiro atoms. The Labute approximate surface area is 130 Å². The maximum Gasteiger partial charge on any atom is 0.161 e. The van der Waals surface area contributed by atoms with Crippen molar-refractivity contribution >= 4 is 23.5 Å². The summed E-state index contributed by atoms with van der Waals surface area (Å²) in [5.74, 6) is 1.40. The Balaban J connectivity index is 2.34. The molecule has 0 aliphatic carbocycles. The molecule has 21 heavy (non-hydrogen) atoms. The van der Waals surface area contributed by atoms with Gasteiger partial charge in [0, 0.05) is 11.2 Å². The van der Waals surface area contributed by atoms with Crippen molar-refractivity contribution in [2.75, 3.05) is 14.2 Å². The number of ether oxygens (including phenoxy) is 2. The average molecular weight is 304 g/mol. The summed E-state index contributed by atoms with van der Waals surface area (Å²) < 4.78 is 10.6. The number of halogens is 1. The molecule has 2 rings (SSSR count). The van der Waals surface area contributed by atoms with Crippen molar-refractivity contribution in [2.24, 2.45) is 4.99 Å². The lowest BCUT2D eigenvalue weighted by molar-refractivity contribution is 0.354. The molecule has 0 saturated heterocycles. The van der Waals surface area contributed by atoms with Gasteiger partial charge in [-0.2, -0.15) is 0 Å². The Morgan fingerprint density at radius 2 is 1.62 bits per heavy atom. The Morgan fingerprint density at radius 1 is 0.952 bits per heavy atom. The SMILES string of the molecule is COc1cc(C)c(C=Nc2ccc(C)c(Cl)c2)cc1OC. The van der Waals surface area contributed by atoms with Gasteiger partial charge in [0.1, 0.15) is 0 Å². The zero-order chi connectivity index (χ0) is 15.4. The van der Waals surface area contributed by atoms with Crippen molar-refractivity contribution < 1.29 is 9.47 Å². The van der Waals surface area contributed by atoms with Crippen molar-refractivity contribution in [2.45, 2.75) is 13.8 Å². The predicted molar refractivity (Wildman–Crippen MR) is 87.7 cm³/mol. The van der Waals surface area contributed by atoms with Crippen molar-refractivity contribution in [3.63, 3.8) is 0 Å². The van der Waals surface area contributed by atoms with Crippen molar-refractivity contribution in [3.05, 3.63) is 52.0 Å². The maximum atomic E-state index is 6.10. The van der Waals surface area contributed by atoms with Crippen molar-refractivity contribution in [1.29, 1.82) is 0 Å². The third-order valence-corrected chi connectivity index (χ3v) is 3.69. The van der Waals surface area contributed by atoms with Gasteiger partial charge in [-0.25, -0.2) is 0 Å². The fraction of sp³-hybridized carbons (Fsp3) is 0.235. The van der Waals surface area contributed by atoms with E-state index in [-0.39, 0.29) is 0 Å². The first kappa shape index (κ1) is 15.4. The van der Waals surface area contributed by atoms with Crippen LogP contribution in [0, 0.1) is 13.8 Å². The smallest absolute Gasteiger partial charge is 0.161 e. The largest absolute Gasteiger partial charge is 0.493 e. The molecule has 0 radical (unpaired) electrons. The Hall–Kier alpha value is -2.00. The number of rotatable bonds is 4. The van der Waals surface area contributed by atoms with Crippen LogP contribution in [0.4, 0.5) is 5.69 Å². The number of aliphatic imine (C=N–C) groups is 1. The molecule has 0 unspecified atom stereocenters. The molecule has 3 nitrogen and oxygen atoms in total. The summed E-state index contributed by atoms with van der Waals surface area (Å²) in [5.41, 5.74) is 3.90. The second-order valence-corrected chi connectivity index (χ2v) is 5.16. The van der Waals surface area contributed by atoms with Crippen LogP contribution in [0.15, 0.2) is 35.3 Å². The van der Waals surface area contributed by atoms with E-state index in [1.54, 1.807) is 20.4 Å². The second kappa shape index (κ2) is 6.64. The van der Waals surface area contributed by atoms with E-state index in [1.165, 1.54) is 0 Å². The van der Waals surface area contributed by atoms with Crippen LogP contribution in [-0.4, -0.2) is 20.4 Å². The fourth-order valence-electron chi connectivity index (χ4n) is 1.94. The van der Waals surface area contributed by atoms with Crippen molar-refractivity contribution in [1.82, 2.24) is 0 Å². The topological polar surface area (TPSA) is 30.8 Å². The highest BCUT2D eigenvalue weighted by Crippen LogP contribution is 2.30. The maximum absolute atomic E-state index is 6.10. The molecule has 0 saturated carbocycles. The van der Waals surface area contributed by atoms with E-state index < -0.39 is 0 Å². The van der Waals surface area contributed by atoms with Crippen LogP contribution in [0.25, 0.3) is 0 Å². The van der Waals surface area contributed by atoms with Crippen LogP contribution in [0.5, 0.6) is 11.5 Å². The summed E-state index contributed by atoms with van der Waals surface area (Å²) in [6, 6.07) is 9.59. The zero-order valence-corrected chi connectivity index (χ0v) is 13.4. The van der Waals surface area contributed by atoms with Gasteiger partial charge >= 0.3 is 0 Å². The lowest BCUT2D eigenvalue weighted by atomic mass is 10.1. The Kier molecular flexibility index (Phi) is 4.86. The molecule has 0 fully saturated rings. The van der Waals surface area contributed by atoms with Gasteiger partial charge in [0.25, 0.3) is 0 Å². The molecule has 0 aromatic heterocycles. The third kappa shape index (κ3) is 3.56. The van der Waals surface area contributed by atoms with Gasteiger partial charge in [0.2, 0.25) is 0 Å². The van der Waals surface area contributed by atoms with E-state index in [9.17, 15) is 0 Å². The molecule has 2 aromatic carbocycles. The molecule has 0 aliphatic heterocycles. The summed E-state index contributed by atoms with van der Waals surface area (Å²) in [4.78, 5) is 4.46. The minimum atomic E-state index is 0.687. The first-order valence-electron chi connectivity index (χ1n) is 6.58. The van der Waals surface area contributed by atoms with E-state index in [2.05, 4.69) is 4.99 Å². The number of hydrogen-bond acceptors (Lipinski definition) is 3. The normalized spacial score (nSPS) is 10.9. The molecule has 110 valence electrons. The minimum absolute atomic E-state index is 0.687. The highest BCUT2D eigenvalue weighted by Gasteiger charge is 2.07. The third-order valence-electron chi connectivity index (χ3n) is 3.28. The van der Waals surface area contributed by atoms with Crippen LogP contribution in [0.1, 0.15) is 16.7 Å². The molecule has 2 aromatic rings. The molecule has 0 aliphatic rings. The predicted octanol–water partition coefficient (Wildman–Crippen LogP) is 4.72. The highest BCUT2D eigenvalue weighted by molar-refractivity contribution is 6.31. The Morgan fingerprint density at radius 3 is 2.24 bits per heavy atom. The molecular weight excluding hydrogens is 286 g/mol. The number of methoxy groups -OCH3 is 2. The van der Waals surface area contributed by atoms with Gasteiger partial charge in [0.15, 0.2) is 11.5 Å². The summed E-state index contributed by atoms with van der Waals surface area (Å²) >= 11 is 6.10. The number of aryl methyl sites for hydroxylation is 2. The molecule has 0 atom stereocenters. The molecule has 0 bridgehead atoms.